The van der Waals surface area contributed by atoms with Crippen LogP contribution in [0.2, 0.25) is 0 Å². The molecule has 0 aliphatic carbocycles. The molecule has 2 rings (SSSR count). The summed E-state index contributed by atoms with van der Waals surface area (Å²) in [5, 5.41) is 8.55. The van der Waals surface area contributed by atoms with Gasteiger partial charge in [0.05, 0.1) is 0 Å². The number of carbonyl (C=O) groups is 1. The summed E-state index contributed by atoms with van der Waals surface area (Å²) in [7, 11) is 0. The monoisotopic (exact) mass is 283 g/mol. The first-order valence-electron chi connectivity index (χ1n) is 6.81. The summed E-state index contributed by atoms with van der Waals surface area (Å²) in [5.74, 6) is 0.226. The van der Waals surface area contributed by atoms with Crippen molar-refractivity contribution in [3.05, 3.63) is 59.8 Å². The fraction of sp³-hybridized carbons (Fsp3) is 0.176. The lowest BCUT2D eigenvalue weighted by atomic mass is 10.1. The Kier molecular flexibility index (Phi) is 5.10. The SMILES string of the molecule is CCCc1ccc(Oc2ccc(/C=C/C(=O)O)cn2)cc1. The molecule has 0 amide bonds. The number of carboxylic acids is 1. The highest BCUT2D eigenvalue weighted by Crippen LogP contribution is 2.20. The minimum atomic E-state index is -0.984. The summed E-state index contributed by atoms with van der Waals surface area (Å²) in [6.45, 7) is 2.15. The third-order valence-electron chi connectivity index (χ3n) is 2.86. The van der Waals surface area contributed by atoms with Crippen molar-refractivity contribution in [3.63, 3.8) is 0 Å². The van der Waals surface area contributed by atoms with Crippen LogP contribution in [0.5, 0.6) is 11.6 Å². The lowest BCUT2D eigenvalue weighted by Gasteiger charge is -2.06. The van der Waals surface area contributed by atoms with Gasteiger partial charge in [-0.05, 0) is 41.8 Å². The molecule has 0 aliphatic rings. The normalized spacial score (nSPS) is 10.7. The first kappa shape index (κ1) is 14.8. The van der Waals surface area contributed by atoms with Crippen molar-refractivity contribution < 1.29 is 14.6 Å². The van der Waals surface area contributed by atoms with E-state index in [9.17, 15) is 4.79 Å². The van der Waals surface area contributed by atoms with Crippen molar-refractivity contribution >= 4 is 12.0 Å². The number of hydrogen-bond acceptors (Lipinski definition) is 3. The standard InChI is InChI=1S/C17H17NO3/c1-2-3-13-4-8-15(9-5-13)21-16-10-6-14(12-18-16)7-11-17(19)20/h4-12H,2-3H2,1H3,(H,19,20)/b11-7+. The van der Waals surface area contributed by atoms with Gasteiger partial charge >= 0.3 is 5.97 Å². The Morgan fingerprint density at radius 3 is 2.57 bits per heavy atom. The van der Waals surface area contributed by atoms with Crippen LogP contribution in [0.3, 0.4) is 0 Å². The smallest absolute Gasteiger partial charge is 0.328 e. The number of aromatic nitrogens is 1. The number of hydrogen-bond donors (Lipinski definition) is 1. The van der Waals surface area contributed by atoms with E-state index in [1.165, 1.54) is 11.6 Å². The maximum Gasteiger partial charge on any atom is 0.328 e. The molecule has 1 aromatic heterocycles. The average Bonchev–Trinajstić information content (AvgIpc) is 2.49. The molecule has 0 aliphatic heterocycles. The molecule has 0 spiro atoms. The van der Waals surface area contributed by atoms with Crippen LogP contribution >= 0.6 is 0 Å². The number of pyridine rings is 1. The highest BCUT2D eigenvalue weighted by Gasteiger charge is 1.99. The zero-order chi connectivity index (χ0) is 15.1. The fourth-order valence-electron chi connectivity index (χ4n) is 1.85. The van der Waals surface area contributed by atoms with Crippen LogP contribution in [0, 0.1) is 0 Å². The molecule has 0 fully saturated rings. The molecule has 108 valence electrons. The first-order chi connectivity index (χ1) is 10.2. The summed E-state index contributed by atoms with van der Waals surface area (Å²) in [6, 6.07) is 11.4. The van der Waals surface area contributed by atoms with Gasteiger partial charge in [-0.3, -0.25) is 0 Å². The quantitative estimate of drug-likeness (QED) is 0.816. The molecule has 0 saturated carbocycles. The molecular weight excluding hydrogens is 266 g/mol. The highest BCUT2D eigenvalue weighted by atomic mass is 16.5. The van der Waals surface area contributed by atoms with Gasteiger partial charge in [0.25, 0.3) is 0 Å². The van der Waals surface area contributed by atoms with Crippen molar-refractivity contribution in [2.45, 2.75) is 19.8 Å². The second-order valence-corrected chi connectivity index (χ2v) is 4.60. The van der Waals surface area contributed by atoms with E-state index in [0.29, 0.717) is 11.4 Å². The summed E-state index contributed by atoms with van der Waals surface area (Å²) in [5.41, 5.74) is 2.00. The van der Waals surface area contributed by atoms with Crippen molar-refractivity contribution in [3.8, 4) is 11.6 Å². The minimum absolute atomic E-state index is 0.478. The van der Waals surface area contributed by atoms with Crippen LogP contribution in [0.25, 0.3) is 6.08 Å². The van der Waals surface area contributed by atoms with Crippen LogP contribution in [-0.4, -0.2) is 16.1 Å². The summed E-state index contributed by atoms with van der Waals surface area (Å²) in [4.78, 5) is 14.6. The molecule has 0 atom stereocenters. The second kappa shape index (κ2) is 7.24. The van der Waals surface area contributed by atoms with Gasteiger partial charge in [0.15, 0.2) is 0 Å². The van der Waals surface area contributed by atoms with Crippen molar-refractivity contribution in [2.75, 3.05) is 0 Å². The molecule has 4 heteroatoms. The molecule has 4 nitrogen and oxygen atoms in total. The van der Waals surface area contributed by atoms with Gasteiger partial charge in [0.2, 0.25) is 5.88 Å². The van der Waals surface area contributed by atoms with Crippen LogP contribution < -0.4 is 4.74 Å². The summed E-state index contributed by atoms with van der Waals surface area (Å²) >= 11 is 0. The number of aryl methyl sites for hydroxylation is 1. The van der Waals surface area contributed by atoms with Crippen LogP contribution in [0.1, 0.15) is 24.5 Å². The summed E-state index contributed by atoms with van der Waals surface area (Å²) in [6.07, 6.45) is 6.30. The Morgan fingerprint density at radius 1 is 1.24 bits per heavy atom. The molecule has 1 aromatic carbocycles. The van der Waals surface area contributed by atoms with Gasteiger partial charge in [-0.15, -0.1) is 0 Å². The molecule has 1 heterocycles. The number of nitrogens with zero attached hydrogens (tertiary/aromatic N) is 1. The predicted molar refractivity (Wildman–Crippen MR) is 81.4 cm³/mol. The lowest BCUT2D eigenvalue weighted by molar-refractivity contribution is -0.131. The fourth-order valence-corrected chi connectivity index (χ4v) is 1.85. The zero-order valence-electron chi connectivity index (χ0n) is 11.8. The Morgan fingerprint density at radius 2 is 2.00 bits per heavy atom. The number of carboxylic acid groups (broad SMARTS) is 1. The zero-order valence-corrected chi connectivity index (χ0v) is 11.8. The number of benzene rings is 1. The van der Waals surface area contributed by atoms with Crippen LogP contribution in [-0.2, 0) is 11.2 Å². The van der Waals surface area contributed by atoms with Gasteiger partial charge in [-0.2, -0.15) is 0 Å². The summed E-state index contributed by atoms with van der Waals surface area (Å²) < 4.78 is 5.64. The molecule has 0 bridgehead atoms. The van der Waals surface area contributed by atoms with E-state index in [-0.39, 0.29) is 0 Å². The Hall–Kier alpha value is -2.62. The van der Waals surface area contributed by atoms with E-state index in [1.807, 2.05) is 24.3 Å². The van der Waals surface area contributed by atoms with Gasteiger partial charge in [0.1, 0.15) is 5.75 Å². The molecular formula is C17H17NO3. The second-order valence-electron chi connectivity index (χ2n) is 4.60. The third-order valence-corrected chi connectivity index (χ3v) is 2.86. The maximum atomic E-state index is 10.4. The number of aliphatic carboxylic acids is 1. The minimum Gasteiger partial charge on any atom is -0.478 e. The van der Waals surface area contributed by atoms with E-state index in [0.717, 1.165) is 24.7 Å². The first-order valence-corrected chi connectivity index (χ1v) is 6.81. The van der Waals surface area contributed by atoms with Crippen molar-refractivity contribution in [1.82, 2.24) is 4.98 Å². The predicted octanol–water partition coefficient (Wildman–Crippen LogP) is 3.92. The maximum absolute atomic E-state index is 10.4. The number of ether oxygens (including phenoxy) is 1. The number of rotatable bonds is 6. The lowest BCUT2D eigenvalue weighted by Crippen LogP contribution is -1.90. The average molecular weight is 283 g/mol. The van der Waals surface area contributed by atoms with Gasteiger partial charge in [0, 0.05) is 18.3 Å². The van der Waals surface area contributed by atoms with E-state index in [1.54, 1.807) is 18.3 Å². The van der Waals surface area contributed by atoms with Gasteiger partial charge in [-0.25, -0.2) is 9.78 Å². The largest absolute Gasteiger partial charge is 0.478 e. The molecule has 0 radical (unpaired) electrons. The molecule has 0 unspecified atom stereocenters. The van der Waals surface area contributed by atoms with E-state index in [4.69, 9.17) is 9.84 Å². The van der Waals surface area contributed by atoms with Crippen LogP contribution in [0.4, 0.5) is 0 Å². The van der Waals surface area contributed by atoms with E-state index >= 15 is 0 Å². The van der Waals surface area contributed by atoms with Crippen LogP contribution in [0.15, 0.2) is 48.7 Å². The Labute approximate surface area is 123 Å². The molecule has 0 saturated heterocycles. The topological polar surface area (TPSA) is 59.4 Å². The highest BCUT2D eigenvalue weighted by molar-refractivity contribution is 5.85. The Balaban J connectivity index is 2.01. The van der Waals surface area contributed by atoms with Gasteiger partial charge < -0.3 is 9.84 Å². The van der Waals surface area contributed by atoms with Crippen molar-refractivity contribution in [1.29, 1.82) is 0 Å². The molecule has 1 N–H and O–H groups in total. The van der Waals surface area contributed by atoms with Crippen molar-refractivity contribution in [2.24, 2.45) is 0 Å². The van der Waals surface area contributed by atoms with E-state index in [2.05, 4.69) is 11.9 Å². The molecule has 21 heavy (non-hydrogen) atoms. The molecule has 2 aromatic rings. The Bertz CT molecular complexity index is 615. The van der Waals surface area contributed by atoms with Gasteiger partial charge in [-0.1, -0.05) is 25.5 Å². The van der Waals surface area contributed by atoms with E-state index < -0.39 is 5.97 Å². The third kappa shape index (κ3) is 4.76.